The van der Waals surface area contributed by atoms with Crippen LogP contribution in [0.1, 0.15) is 6.92 Å². The molecule has 2 nitrogen and oxygen atoms in total. The second kappa shape index (κ2) is 7.21. The van der Waals surface area contributed by atoms with Gasteiger partial charge >= 0.3 is 0 Å². The zero-order chi connectivity index (χ0) is 9.45. The second-order valence-corrected chi connectivity index (χ2v) is 8.65. The summed E-state index contributed by atoms with van der Waals surface area (Å²) in [4.78, 5) is 0. The molecule has 0 bridgehead atoms. The van der Waals surface area contributed by atoms with E-state index in [0.29, 0.717) is 12.4 Å². The molecule has 0 fully saturated rings. The Balaban J connectivity index is 3.98. The summed E-state index contributed by atoms with van der Waals surface area (Å²) in [6.45, 7) is 1.98. The van der Waals surface area contributed by atoms with Crippen molar-refractivity contribution < 1.29 is 8.91 Å². The molecule has 0 spiro atoms. The van der Waals surface area contributed by atoms with Crippen LogP contribution in [0.5, 0.6) is 0 Å². The minimum Gasteiger partial charge on any atom is -0.327 e. The van der Waals surface area contributed by atoms with Crippen LogP contribution in [-0.2, 0) is 16.3 Å². The standard InChI is InChI=1S/C5H11FNOPS3/c1-2-8-9(11,7-5-10)12-4-3-6/h5H,2-4H2,1H3,(H,7,10,11). The van der Waals surface area contributed by atoms with Crippen LogP contribution < -0.4 is 5.09 Å². The smallest absolute Gasteiger partial charge is 0.210 e. The van der Waals surface area contributed by atoms with Gasteiger partial charge in [0, 0.05) is 5.75 Å². The van der Waals surface area contributed by atoms with Crippen molar-refractivity contribution in [2.24, 2.45) is 0 Å². The van der Waals surface area contributed by atoms with Gasteiger partial charge in [0.15, 0.2) is 0 Å². The second-order valence-electron chi connectivity index (χ2n) is 1.68. The first-order chi connectivity index (χ1) is 5.68. The SMILES string of the molecule is CCOP(=S)(NC=S)SCCF. The number of hydrogen-bond donors (Lipinski definition) is 1. The molecule has 0 aliphatic carbocycles. The van der Waals surface area contributed by atoms with Crippen molar-refractivity contribution in [2.45, 2.75) is 6.92 Å². The first-order valence-corrected chi connectivity index (χ1v) is 8.13. The van der Waals surface area contributed by atoms with Gasteiger partial charge in [0.2, 0.25) is 5.62 Å². The average molecular weight is 247 g/mol. The van der Waals surface area contributed by atoms with Crippen molar-refractivity contribution in [1.29, 1.82) is 0 Å². The number of thiocarbonyl (C=S) groups is 1. The van der Waals surface area contributed by atoms with Crippen LogP contribution in [0.4, 0.5) is 4.39 Å². The quantitative estimate of drug-likeness (QED) is 0.549. The Labute approximate surface area is 86.5 Å². The largest absolute Gasteiger partial charge is 0.327 e. The molecule has 1 N–H and O–H groups in total. The Kier molecular flexibility index (Phi) is 7.68. The van der Waals surface area contributed by atoms with E-state index in [9.17, 15) is 4.39 Å². The number of halogens is 1. The summed E-state index contributed by atoms with van der Waals surface area (Å²) in [7, 11) is 0. The highest BCUT2D eigenvalue weighted by Gasteiger charge is 2.15. The van der Waals surface area contributed by atoms with Gasteiger partial charge in [-0.1, -0.05) is 23.6 Å². The Hall–Kier alpha value is 0.780. The molecule has 0 aliphatic rings. The van der Waals surface area contributed by atoms with Crippen LogP contribution in [0.15, 0.2) is 0 Å². The fraction of sp³-hybridized carbons (Fsp3) is 0.800. The number of alkyl halides is 1. The minimum absolute atomic E-state index is 0.355. The van der Waals surface area contributed by atoms with E-state index in [2.05, 4.69) is 17.3 Å². The molecule has 1 atom stereocenters. The van der Waals surface area contributed by atoms with Gasteiger partial charge in [0.05, 0.1) is 18.8 Å². The summed E-state index contributed by atoms with van der Waals surface area (Å²) >= 11 is 11.0. The Bertz CT molecular complexity index is 180. The molecular formula is C5H11FNOPS3. The van der Waals surface area contributed by atoms with Crippen molar-refractivity contribution in [3.8, 4) is 0 Å². The Morgan fingerprint density at radius 3 is 2.83 bits per heavy atom. The molecule has 0 aliphatic heterocycles. The Morgan fingerprint density at radius 1 is 1.75 bits per heavy atom. The molecular weight excluding hydrogens is 236 g/mol. The molecule has 0 rings (SSSR count). The topological polar surface area (TPSA) is 21.3 Å². The van der Waals surface area contributed by atoms with E-state index in [0.717, 1.165) is 0 Å². The molecule has 0 heterocycles. The van der Waals surface area contributed by atoms with Gasteiger partial charge in [0.25, 0.3) is 0 Å². The van der Waals surface area contributed by atoms with Gasteiger partial charge in [-0.3, -0.25) is 4.39 Å². The van der Waals surface area contributed by atoms with E-state index in [1.54, 1.807) is 0 Å². The average Bonchev–Trinajstić information content (AvgIpc) is 2.02. The summed E-state index contributed by atoms with van der Waals surface area (Å²) < 4.78 is 17.1. The molecule has 0 aromatic carbocycles. The molecule has 1 unspecified atom stereocenters. The van der Waals surface area contributed by atoms with Crippen molar-refractivity contribution in [3.63, 3.8) is 0 Å². The molecule has 0 radical (unpaired) electrons. The van der Waals surface area contributed by atoms with Crippen LogP contribution >= 0.6 is 29.2 Å². The minimum atomic E-state index is -2.14. The van der Waals surface area contributed by atoms with Crippen LogP contribution in [0.25, 0.3) is 0 Å². The number of rotatable bonds is 7. The van der Waals surface area contributed by atoms with E-state index >= 15 is 0 Å². The molecule has 0 saturated heterocycles. The lowest BCUT2D eigenvalue weighted by Gasteiger charge is -2.19. The van der Waals surface area contributed by atoms with Crippen molar-refractivity contribution in [1.82, 2.24) is 5.09 Å². The molecule has 0 saturated carbocycles. The fourth-order valence-electron chi connectivity index (χ4n) is 0.501. The molecule has 12 heavy (non-hydrogen) atoms. The van der Waals surface area contributed by atoms with Crippen molar-refractivity contribution in [2.75, 3.05) is 19.0 Å². The molecule has 7 heteroatoms. The maximum Gasteiger partial charge on any atom is 0.210 e. The zero-order valence-electron chi connectivity index (χ0n) is 6.66. The summed E-state index contributed by atoms with van der Waals surface area (Å²) in [6.07, 6.45) is 0. The predicted octanol–water partition coefficient (Wildman–Crippen LogP) is 2.50. The first kappa shape index (κ1) is 12.8. The molecule has 0 amide bonds. The van der Waals surface area contributed by atoms with E-state index in [4.69, 9.17) is 16.3 Å². The third-order valence-corrected chi connectivity index (χ3v) is 6.64. The van der Waals surface area contributed by atoms with Crippen LogP contribution in [0.2, 0.25) is 0 Å². The van der Waals surface area contributed by atoms with Crippen LogP contribution in [0.3, 0.4) is 0 Å². The Morgan fingerprint density at radius 2 is 2.42 bits per heavy atom. The van der Waals surface area contributed by atoms with E-state index in [-0.39, 0.29) is 0 Å². The van der Waals surface area contributed by atoms with Gasteiger partial charge < -0.3 is 9.61 Å². The number of hydrogen-bond acceptors (Lipinski definition) is 4. The highest BCUT2D eigenvalue weighted by molar-refractivity contribution is 8.68. The van der Waals surface area contributed by atoms with Crippen molar-refractivity contribution >= 4 is 46.5 Å². The predicted molar refractivity (Wildman–Crippen MR) is 61.1 cm³/mol. The summed E-state index contributed by atoms with van der Waals surface area (Å²) in [5, 5.41) is 2.78. The third-order valence-electron chi connectivity index (χ3n) is 0.848. The summed E-state index contributed by atoms with van der Waals surface area (Å²) in [5.74, 6) is 0.355. The fourth-order valence-corrected chi connectivity index (χ4v) is 5.34. The zero-order valence-corrected chi connectivity index (χ0v) is 10.0. The lowest BCUT2D eigenvalue weighted by Crippen LogP contribution is -2.06. The lowest BCUT2D eigenvalue weighted by atomic mass is 10.9. The normalized spacial score (nSPS) is 15.2. The third kappa shape index (κ3) is 5.43. The van der Waals surface area contributed by atoms with Crippen LogP contribution in [0, 0.1) is 0 Å². The van der Waals surface area contributed by atoms with E-state index in [1.165, 1.54) is 16.9 Å². The summed E-state index contributed by atoms with van der Waals surface area (Å²) in [6, 6.07) is 0. The molecule has 0 aromatic heterocycles. The monoisotopic (exact) mass is 247 g/mol. The van der Waals surface area contributed by atoms with Gasteiger partial charge in [-0.2, -0.15) is 0 Å². The highest BCUT2D eigenvalue weighted by Crippen LogP contribution is 2.55. The maximum atomic E-state index is 11.8. The summed E-state index contributed by atoms with van der Waals surface area (Å²) in [5.41, 5.74) is -0.801. The van der Waals surface area contributed by atoms with Gasteiger partial charge in [0.1, 0.15) is 0 Å². The first-order valence-electron chi connectivity index (χ1n) is 3.35. The van der Waals surface area contributed by atoms with Gasteiger partial charge in [-0.15, -0.1) is 0 Å². The van der Waals surface area contributed by atoms with Crippen molar-refractivity contribution in [3.05, 3.63) is 0 Å². The van der Waals surface area contributed by atoms with E-state index in [1.807, 2.05) is 6.92 Å². The lowest BCUT2D eigenvalue weighted by molar-refractivity contribution is 0.383. The van der Waals surface area contributed by atoms with Crippen LogP contribution in [-0.4, -0.2) is 24.5 Å². The van der Waals surface area contributed by atoms with Gasteiger partial charge in [-0.05, 0) is 18.7 Å². The molecule has 0 aromatic rings. The highest BCUT2D eigenvalue weighted by atomic mass is 32.9. The van der Waals surface area contributed by atoms with Gasteiger partial charge in [-0.25, -0.2) is 0 Å². The maximum absolute atomic E-state index is 11.8. The van der Waals surface area contributed by atoms with E-state index < -0.39 is 12.3 Å². The molecule has 72 valence electrons. The number of nitrogens with one attached hydrogen (secondary N) is 1.